The van der Waals surface area contributed by atoms with Crippen molar-refractivity contribution in [2.24, 2.45) is 11.8 Å². The van der Waals surface area contributed by atoms with Crippen LogP contribution in [0.2, 0.25) is 0 Å². The van der Waals surface area contributed by atoms with Crippen molar-refractivity contribution in [3.8, 4) is 5.75 Å². The SMILES string of the molecule is COc1ccc(C([C@@H]2C(=O)Nc3ccccc3C2=O)[C@@H]2C(=O)Nc3ccccc3C2=O)cc1. The minimum absolute atomic E-state index is 0.352. The first kappa shape index (κ1) is 20.6. The van der Waals surface area contributed by atoms with E-state index in [1.807, 2.05) is 0 Å². The number of Topliss-reactive ketones (excluding diaryl/α,β-unsaturated/α-hetero) is 2. The minimum atomic E-state index is -1.25. The Bertz CT molecular complexity index is 1220. The highest BCUT2D eigenvalue weighted by Gasteiger charge is 2.50. The zero-order valence-electron chi connectivity index (χ0n) is 17.7. The first-order valence-corrected chi connectivity index (χ1v) is 10.5. The first-order chi connectivity index (χ1) is 16.0. The summed E-state index contributed by atoms with van der Waals surface area (Å²) in [5.41, 5.74) is 2.06. The lowest BCUT2D eigenvalue weighted by molar-refractivity contribution is -0.122. The molecule has 2 amide bonds. The van der Waals surface area contributed by atoms with Gasteiger partial charge in [-0.25, -0.2) is 0 Å². The molecule has 2 aliphatic heterocycles. The van der Waals surface area contributed by atoms with Crippen molar-refractivity contribution < 1.29 is 23.9 Å². The Kier molecular flexibility index (Phi) is 5.01. The predicted molar refractivity (Wildman–Crippen MR) is 122 cm³/mol. The van der Waals surface area contributed by atoms with Gasteiger partial charge in [0.1, 0.15) is 17.6 Å². The Hall–Kier alpha value is -4.26. The molecular formula is C26H20N2O5. The maximum absolute atomic E-state index is 13.5. The Morgan fingerprint density at radius 1 is 0.667 bits per heavy atom. The monoisotopic (exact) mass is 440 g/mol. The maximum Gasteiger partial charge on any atom is 0.236 e. The third-order valence-electron chi connectivity index (χ3n) is 6.25. The molecular weight excluding hydrogens is 420 g/mol. The van der Waals surface area contributed by atoms with Crippen LogP contribution in [0, 0.1) is 11.8 Å². The number of carbonyl (C=O) groups is 4. The van der Waals surface area contributed by atoms with Crippen LogP contribution in [0.1, 0.15) is 32.2 Å². The van der Waals surface area contributed by atoms with Crippen LogP contribution in [-0.4, -0.2) is 30.5 Å². The van der Waals surface area contributed by atoms with Crippen molar-refractivity contribution in [2.75, 3.05) is 17.7 Å². The minimum Gasteiger partial charge on any atom is -0.497 e. The van der Waals surface area contributed by atoms with Crippen LogP contribution in [-0.2, 0) is 9.59 Å². The second-order valence-electron chi connectivity index (χ2n) is 8.05. The number of rotatable bonds is 4. The van der Waals surface area contributed by atoms with Gasteiger partial charge in [0.15, 0.2) is 11.6 Å². The van der Waals surface area contributed by atoms with E-state index in [0.717, 1.165) is 0 Å². The molecule has 0 fully saturated rings. The molecule has 0 saturated heterocycles. The van der Waals surface area contributed by atoms with Crippen LogP contribution < -0.4 is 15.4 Å². The summed E-state index contributed by atoms with van der Waals surface area (Å²) in [6, 6.07) is 20.2. The van der Waals surface area contributed by atoms with Gasteiger partial charge < -0.3 is 15.4 Å². The van der Waals surface area contributed by atoms with E-state index in [4.69, 9.17) is 4.74 Å². The van der Waals surface area contributed by atoms with Crippen LogP contribution in [0.25, 0.3) is 0 Å². The number of methoxy groups -OCH3 is 1. The van der Waals surface area contributed by atoms with E-state index >= 15 is 0 Å². The fraction of sp³-hybridized carbons (Fsp3) is 0.154. The molecule has 0 aliphatic carbocycles. The molecule has 0 spiro atoms. The van der Waals surface area contributed by atoms with E-state index in [0.29, 0.717) is 33.8 Å². The number of anilines is 2. The third kappa shape index (κ3) is 3.38. The molecule has 33 heavy (non-hydrogen) atoms. The van der Waals surface area contributed by atoms with Gasteiger partial charge in [-0.2, -0.15) is 0 Å². The Labute approximate surface area is 189 Å². The van der Waals surface area contributed by atoms with Crippen LogP contribution in [0.4, 0.5) is 11.4 Å². The van der Waals surface area contributed by atoms with Crippen LogP contribution in [0.5, 0.6) is 5.75 Å². The lowest BCUT2D eigenvalue weighted by atomic mass is 9.68. The normalized spacial score (nSPS) is 19.5. The molecule has 0 saturated carbocycles. The van der Waals surface area contributed by atoms with E-state index in [-0.39, 0.29) is 0 Å². The van der Waals surface area contributed by atoms with Crippen molar-refractivity contribution in [3.05, 3.63) is 89.5 Å². The number of benzene rings is 3. The number of ketones is 2. The molecule has 2 atom stereocenters. The quantitative estimate of drug-likeness (QED) is 0.603. The molecule has 2 N–H and O–H groups in total. The van der Waals surface area contributed by atoms with Crippen molar-refractivity contribution in [2.45, 2.75) is 5.92 Å². The number of ether oxygens (including phenoxy) is 1. The number of nitrogens with one attached hydrogen (secondary N) is 2. The topological polar surface area (TPSA) is 102 Å². The number of hydrogen-bond donors (Lipinski definition) is 2. The average Bonchev–Trinajstić information content (AvgIpc) is 2.83. The summed E-state index contributed by atoms with van der Waals surface area (Å²) in [6.07, 6.45) is 0. The van der Waals surface area contributed by atoms with Crippen molar-refractivity contribution in [3.63, 3.8) is 0 Å². The van der Waals surface area contributed by atoms with Gasteiger partial charge in [-0.15, -0.1) is 0 Å². The second kappa shape index (κ2) is 8.02. The summed E-state index contributed by atoms with van der Waals surface area (Å²) in [4.78, 5) is 53.5. The lowest BCUT2D eigenvalue weighted by Gasteiger charge is -2.35. The largest absolute Gasteiger partial charge is 0.497 e. The Morgan fingerprint density at radius 2 is 1.12 bits per heavy atom. The fourth-order valence-electron chi connectivity index (χ4n) is 4.66. The lowest BCUT2D eigenvalue weighted by Crippen LogP contribution is -2.47. The molecule has 7 heteroatoms. The number of para-hydroxylation sites is 2. The molecule has 164 valence electrons. The maximum atomic E-state index is 13.5. The molecule has 7 nitrogen and oxygen atoms in total. The number of fused-ring (bicyclic) bond motifs is 2. The van der Waals surface area contributed by atoms with E-state index in [1.54, 1.807) is 72.8 Å². The molecule has 5 rings (SSSR count). The number of amides is 2. The van der Waals surface area contributed by atoms with E-state index < -0.39 is 41.1 Å². The molecule has 3 aromatic rings. The van der Waals surface area contributed by atoms with Crippen molar-refractivity contribution in [1.29, 1.82) is 0 Å². The molecule has 0 radical (unpaired) electrons. The van der Waals surface area contributed by atoms with Gasteiger partial charge in [-0.05, 0) is 42.0 Å². The zero-order valence-corrected chi connectivity index (χ0v) is 17.7. The summed E-state index contributed by atoms with van der Waals surface area (Å²) >= 11 is 0. The molecule has 0 unspecified atom stereocenters. The zero-order chi connectivity index (χ0) is 23.1. The van der Waals surface area contributed by atoms with Gasteiger partial charge in [-0.3, -0.25) is 19.2 Å². The molecule has 0 bridgehead atoms. The van der Waals surface area contributed by atoms with Gasteiger partial charge in [0.2, 0.25) is 11.8 Å². The summed E-state index contributed by atoms with van der Waals surface area (Å²) < 4.78 is 5.22. The van der Waals surface area contributed by atoms with Crippen molar-refractivity contribution in [1.82, 2.24) is 0 Å². The van der Waals surface area contributed by atoms with Gasteiger partial charge >= 0.3 is 0 Å². The standard InChI is InChI=1S/C26H20N2O5/c1-33-15-12-10-14(11-13-15)20(21-23(29)16-6-2-4-8-18(16)27-25(21)31)22-24(30)17-7-3-5-9-19(17)28-26(22)32/h2-13,20-22H,1H3,(H,27,31)(H,28,32)/t21-,22-/m0/s1. The predicted octanol–water partition coefficient (Wildman–Crippen LogP) is 3.68. The van der Waals surface area contributed by atoms with Crippen molar-refractivity contribution >= 4 is 34.8 Å². The highest BCUT2D eigenvalue weighted by Crippen LogP contribution is 2.43. The van der Waals surface area contributed by atoms with Crippen LogP contribution in [0.15, 0.2) is 72.8 Å². The summed E-state index contributed by atoms with van der Waals surface area (Å²) in [5.74, 6) is -4.86. The van der Waals surface area contributed by atoms with Gasteiger partial charge in [0.25, 0.3) is 0 Å². The number of hydrogen-bond acceptors (Lipinski definition) is 5. The fourth-order valence-corrected chi connectivity index (χ4v) is 4.66. The highest BCUT2D eigenvalue weighted by atomic mass is 16.5. The van der Waals surface area contributed by atoms with E-state index in [1.165, 1.54) is 7.11 Å². The van der Waals surface area contributed by atoms with Gasteiger partial charge in [0, 0.05) is 17.0 Å². The molecule has 3 aromatic carbocycles. The van der Waals surface area contributed by atoms with E-state index in [9.17, 15) is 19.2 Å². The molecule has 2 heterocycles. The number of carbonyl (C=O) groups excluding carboxylic acids is 4. The summed E-state index contributed by atoms with van der Waals surface area (Å²) in [6.45, 7) is 0. The first-order valence-electron chi connectivity index (χ1n) is 10.5. The molecule has 0 aromatic heterocycles. The van der Waals surface area contributed by atoms with Gasteiger partial charge in [-0.1, -0.05) is 36.4 Å². The van der Waals surface area contributed by atoms with E-state index in [2.05, 4.69) is 10.6 Å². The van der Waals surface area contributed by atoms with Crippen LogP contribution >= 0.6 is 0 Å². The average molecular weight is 440 g/mol. The third-order valence-corrected chi connectivity index (χ3v) is 6.25. The summed E-state index contributed by atoms with van der Waals surface area (Å²) in [5, 5.41) is 5.55. The smallest absolute Gasteiger partial charge is 0.236 e. The Morgan fingerprint density at radius 3 is 1.58 bits per heavy atom. The van der Waals surface area contributed by atoms with Gasteiger partial charge in [0.05, 0.1) is 18.5 Å². The Balaban J connectivity index is 1.66. The van der Waals surface area contributed by atoms with Crippen LogP contribution in [0.3, 0.4) is 0 Å². The highest BCUT2D eigenvalue weighted by molar-refractivity contribution is 6.25. The molecule has 2 aliphatic rings. The second-order valence-corrected chi connectivity index (χ2v) is 8.05. The summed E-state index contributed by atoms with van der Waals surface area (Å²) in [7, 11) is 1.52.